The van der Waals surface area contributed by atoms with Crippen molar-refractivity contribution in [2.45, 2.75) is 25.8 Å². The lowest BCUT2D eigenvalue weighted by atomic mass is 10.0. The molecule has 2 aromatic rings. The number of thiophene rings is 1. The Hall–Kier alpha value is 0.380. The highest BCUT2D eigenvalue weighted by Gasteiger charge is 2.14. The highest BCUT2D eigenvalue weighted by atomic mass is 127. The molecule has 0 aliphatic heterocycles. The first-order valence-electron chi connectivity index (χ1n) is 6.52. The topological polar surface area (TPSA) is 12.0 Å². The van der Waals surface area contributed by atoms with Gasteiger partial charge in [0.05, 0.1) is 8.81 Å². The van der Waals surface area contributed by atoms with E-state index in [0.29, 0.717) is 6.04 Å². The van der Waals surface area contributed by atoms with E-state index in [2.05, 4.69) is 81.1 Å². The van der Waals surface area contributed by atoms with Crippen LogP contribution >= 0.6 is 61.5 Å². The molecule has 1 atom stereocenters. The summed E-state index contributed by atoms with van der Waals surface area (Å²) in [5, 5.41) is 4.45. The van der Waals surface area contributed by atoms with Crippen molar-refractivity contribution >= 4 is 61.5 Å². The normalized spacial score (nSPS) is 12.6. The molecule has 0 amide bonds. The molecule has 0 saturated heterocycles. The number of rotatable bonds is 6. The Balaban J connectivity index is 2.19. The van der Waals surface area contributed by atoms with Crippen LogP contribution in [0.3, 0.4) is 0 Å². The molecule has 5 heteroatoms. The Morgan fingerprint density at radius 1 is 1.35 bits per heavy atom. The van der Waals surface area contributed by atoms with Crippen molar-refractivity contribution in [1.29, 1.82) is 0 Å². The molecule has 1 aromatic heterocycles. The van der Waals surface area contributed by atoms with E-state index >= 15 is 0 Å². The maximum Gasteiger partial charge on any atom is 0.0701 e. The summed E-state index contributed by atoms with van der Waals surface area (Å²) in [6.45, 7) is 3.20. The molecule has 108 valence electrons. The largest absolute Gasteiger partial charge is 0.310 e. The van der Waals surface area contributed by atoms with Crippen LogP contribution in [0.15, 0.2) is 34.1 Å². The molecule has 1 N–H and O–H groups in total. The zero-order valence-electron chi connectivity index (χ0n) is 11.1. The first-order chi connectivity index (χ1) is 9.60. The third kappa shape index (κ3) is 4.70. The van der Waals surface area contributed by atoms with Gasteiger partial charge >= 0.3 is 0 Å². The summed E-state index contributed by atoms with van der Waals surface area (Å²) in [6, 6.07) is 10.9. The standard InChI is InChI=1S/C15H16BrClINS/c1-2-7-19-14(9-11-4-6-15(16)20-11)10-3-5-13(18)12(17)8-10/h3-6,8,14,19H,2,7,9H2,1H3. The molecular formula is C15H16BrClINS. The molecule has 1 aromatic carbocycles. The number of hydrogen-bond donors (Lipinski definition) is 1. The average Bonchev–Trinajstić information content (AvgIpc) is 2.83. The van der Waals surface area contributed by atoms with Gasteiger partial charge in [-0.2, -0.15) is 0 Å². The molecule has 2 rings (SSSR count). The van der Waals surface area contributed by atoms with Crippen LogP contribution in [0, 0.1) is 3.57 Å². The zero-order chi connectivity index (χ0) is 14.5. The van der Waals surface area contributed by atoms with Crippen molar-refractivity contribution < 1.29 is 0 Å². The summed E-state index contributed by atoms with van der Waals surface area (Å²) in [7, 11) is 0. The first-order valence-corrected chi connectivity index (χ1v) is 9.59. The minimum absolute atomic E-state index is 0.315. The van der Waals surface area contributed by atoms with Crippen LogP contribution in [0.2, 0.25) is 5.02 Å². The van der Waals surface area contributed by atoms with Gasteiger partial charge in [0, 0.05) is 20.9 Å². The second kappa shape index (κ2) is 8.13. The van der Waals surface area contributed by atoms with Gasteiger partial charge in [-0.05, 0) is 81.3 Å². The van der Waals surface area contributed by atoms with Gasteiger partial charge in [-0.25, -0.2) is 0 Å². The molecule has 0 aliphatic carbocycles. The van der Waals surface area contributed by atoms with Crippen molar-refractivity contribution in [3.8, 4) is 0 Å². The van der Waals surface area contributed by atoms with Gasteiger partial charge in [0.25, 0.3) is 0 Å². The lowest BCUT2D eigenvalue weighted by Crippen LogP contribution is -2.23. The summed E-state index contributed by atoms with van der Waals surface area (Å²) in [6.07, 6.45) is 2.12. The summed E-state index contributed by atoms with van der Waals surface area (Å²) < 4.78 is 2.28. The van der Waals surface area contributed by atoms with Crippen LogP contribution in [-0.2, 0) is 6.42 Å². The van der Waals surface area contributed by atoms with Gasteiger partial charge < -0.3 is 5.32 Å². The van der Waals surface area contributed by atoms with E-state index < -0.39 is 0 Å². The molecule has 20 heavy (non-hydrogen) atoms. The van der Waals surface area contributed by atoms with Gasteiger partial charge in [-0.1, -0.05) is 24.6 Å². The Morgan fingerprint density at radius 3 is 2.75 bits per heavy atom. The fraction of sp³-hybridized carbons (Fsp3) is 0.333. The monoisotopic (exact) mass is 483 g/mol. The lowest BCUT2D eigenvalue weighted by molar-refractivity contribution is 0.532. The van der Waals surface area contributed by atoms with E-state index in [9.17, 15) is 0 Å². The molecule has 1 nitrogen and oxygen atoms in total. The Morgan fingerprint density at radius 2 is 2.15 bits per heavy atom. The molecular weight excluding hydrogens is 469 g/mol. The average molecular weight is 485 g/mol. The first kappa shape index (κ1) is 16.7. The van der Waals surface area contributed by atoms with Crippen molar-refractivity contribution in [3.63, 3.8) is 0 Å². The summed E-state index contributed by atoms with van der Waals surface area (Å²) >= 11 is 13.8. The molecule has 0 saturated carbocycles. The molecule has 1 unspecified atom stereocenters. The fourth-order valence-corrected chi connectivity index (χ4v) is 4.07. The molecule has 0 aliphatic rings. The second-order valence-corrected chi connectivity index (χ2v) is 8.71. The lowest BCUT2D eigenvalue weighted by Gasteiger charge is -2.19. The second-order valence-electron chi connectivity index (χ2n) is 4.59. The van der Waals surface area contributed by atoms with E-state index in [4.69, 9.17) is 11.6 Å². The van der Waals surface area contributed by atoms with Gasteiger partial charge in [0.15, 0.2) is 0 Å². The van der Waals surface area contributed by atoms with Crippen molar-refractivity contribution in [3.05, 3.63) is 53.2 Å². The van der Waals surface area contributed by atoms with Gasteiger partial charge in [0.2, 0.25) is 0 Å². The highest BCUT2D eigenvalue weighted by molar-refractivity contribution is 14.1. The van der Waals surface area contributed by atoms with Crippen molar-refractivity contribution in [2.24, 2.45) is 0 Å². The van der Waals surface area contributed by atoms with Gasteiger partial charge in [-0.15, -0.1) is 11.3 Å². The molecule has 1 heterocycles. The van der Waals surface area contributed by atoms with Crippen LogP contribution in [0.5, 0.6) is 0 Å². The highest BCUT2D eigenvalue weighted by Crippen LogP contribution is 2.29. The number of halogens is 3. The fourth-order valence-electron chi connectivity index (χ4n) is 2.02. The van der Waals surface area contributed by atoms with E-state index in [1.54, 1.807) is 11.3 Å². The molecule has 0 bridgehead atoms. The quantitative estimate of drug-likeness (QED) is 0.492. The minimum atomic E-state index is 0.315. The van der Waals surface area contributed by atoms with Gasteiger partial charge in [0.1, 0.15) is 0 Å². The predicted molar refractivity (Wildman–Crippen MR) is 101 cm³/mol. The third-order valence-electron chi connectivity index (χ3n) is 3.02. The summed E-state index contributed by atoms with van der Waals surface area (Å²) in [5.74, 6) is 0. The van der Waals surface area contributed by atoms with E-state index in [0.717, 1.165) is 28.0 Å². The molecule has 0 spiro atoms. The van der Waals surface area contributed by atoms with Gasteiger partial charge in [-0.3, -0.25) is 0 Å². The van der Waals surface area contributed by atoms with E-state index in [-0.39, 0.29) is 0 Å². The molecule has 0 radical (unpaired) electrons. The Kier molecular flexibility index (Phi) is 6.81. The van der Waals surface area contributed by atoms with Crippen LogP contribution in [0.1, 0.15) is 29.8 Å². The van der Waals surface area contributed by atoms with Crippen molar-refractivity contribution in [1.82, 2.24) is 5.32 Å². The van der Waals surface area contributed by atoms with Crippen LogP contribution in [-0.4, -0.2) is 6.54 Å². The number of hydrogen-bond acceptors (Lipinski definition) is 2. The Labute approximate surface area is 151 Å². The van der Waals surface area contributed by atoms with Crippen molar-refractivity contribution in [2.75, 3.05) is 6.54 Å². The molecule has 0 fully saturated rings. The predicted octanol–water partition coefficient (Wildman–Crippen LogP) is 6.05. The smallest absolute Gasteiger partial charge is 0.0701 e. The van der Waals surface area contributed by atoms with Crippen LogP contribution in [0.4, 0.5) is 0 Å². The van der Waals surface area contributed by atoms with Crippen LogP contribution < -0.4 is 5.32 Å². The number of benzene rings is 1. The number of nitrogens with one attached hydrogen (secondary N) is 1. The Bertz CT molecular complexity index is 573. The SMILES string of the molecule is CCCNC(Cc1ccc(Br)s1)c1ccc(I)c(Cl)c1. The maximum absolute atomic E-state index is 6.26. The zero-order valence-corrected chi connectivity index (χ0v) is 16.4. The third-order valence-corrected chi connectivity index (χ3v) is 6.24. The van der Waals surface area contributed by atoms with E-state index in [1.165, 1.54) is 14.2 Å². The summed E-state index contributed by atoms with van der Waals surface area (Å²) in [5.41, 5.74) is 1.26. The van der Waals surface area contributed by atoms with Crippen LogP contribution in [0.25, 0.3) is 0 Å². The summed E-state index contributed by atoms with van der Waals surface area (Å²) in [4.78, 5) is 1.38. The minimum Gasteiger partial charge on any atom is -0.310 e. The van der Waals surface area contributed by atoms with E-state index in [1.807, 2.05) is 0 Å². The maximum atomic E-state index is 6.26.